The van der Waals surface area contributed by atoms with Gasteiger partial charge in [0.15, 0.2) is 0 Å². The standard InChI is InChI=1S/C4H10BF/c5-3-1-2-4-6/h1-5H2. The van der Waals surface area contributed by atoms with Crippen LogP contribution in [0.25, 0.3) is 0 Å². The van der Waals surface area contributed by atoms with Crippen molar-refractivity contribution in [1.29, 1.82) is 0 Å². The Kier molecular flexibility index (Phi) is 4.99. The maximum absolute atomic E-state index is 11.2. The van der Waals surface area contributed by atoms with Crippen LogP contribution in [-0.4, -0.2) is 14.5 Å². The van der Waals surface area contributed by atoms with Gasteiger partial charge in [-0.1, -0.05) is 12.7 Å². The predicted molar refractivity (Wildman–Crippen MR) is 28.6 cm³/mol. The number of unbranched alkanes of at least 4 members (excludes halogenated alkanes) is 1. The molecular formula is C4H10BF. The van der Waals surface area contributed by atoms with E-state index < -0.39 is 0 Å². The third-order valence-electron chi connectivity index (χ3n) is 0.737. The van der Waals surface area contributed by atoms with Crippen LogP contribution in [0.1, 0.15) is 12.8 Å². The monoisotopic (exact) mass is 88.1 g/mol. The first-order chi connectivity index (χ1) is 2.91. The zero-order chi connectivity index (χ0) is 4.83. The molecule has 0 spiro atoms. The molecule has 0 nitrogen and oxygen atoms in total. The molecule has 0 saturated carbocycles. The minimum Gasteiger partial charge on any atom is -0.251 e. The molecule has 0 aliphatic carbocycles. The fraction of sp³-hybridized carbons (Fsp3) is 1.00. The first-order valence-corrected chi connectivity index (χ1v) is 2.47. The van der Waals surface area contributed by atoms with Crippen molar-refractivity contribution >= 4 is 7.85 Å². The van der Waals surface area contributed by atoms with Gasteiger partial charge in [0.25, 0.3) is 0 Å². The van der Waals surface area contributed by atoms with Crippen LogP contribution >= 0.6 is 0 Å². The molecule has 0 radical (unpaired) electrons. The lowest BCUT2D eigenvalue weighted by atomic mass is 10.0. The Balaban J connectivity index is 2.34. The summed E-state index contributed by atoms with van der Waals surface area (Å²) in [7, 11) is 2.07. The van der Waals surface area contributed by atoms with E-state index in [1.165, 1.54) is 0 Å². The van der Waals surface area contributed by atoms with Crippen LogP contribution in [0.4, 0.5) is 4.39 Å². The molecule has 0 unspecified atom stereocenters. The molecule has 0 atom stereocenters. The van der Waals surface area contributed by atoms with Crippen molar-refractivity contribution in [1.82, 2.24) is 0 Å². The SMILES string of the molecule is BCCCCF. The van der Waals surface area contributed by atoms with Gasteiger partial charge in [0.1, 0.15) is 7.85 Å². The summed E-state index contributed by atoms with van der Waals surface area (Å²) in [5, 5.41) is 0. The van der Waals surface area contributed by atoms with Gasteiger partial charge in [-0.25, -0.2) is 0 Å². The van der Waals surface area contributed by atoms with Crippen molar-refractivity contribution in [3.05, 3.63) is 0 Å². The van der Waals surface area contributed by atoms with Crippen molar-refractivity contribution in [2.24, 2.45) is 0 Å². The van der Waals surface area contributed by atoms with E-state index in [-0.39, 0.29) is 6.67 Å². The Morgan fingerprint density at radius 2 is 2.00 bits per heavy atom. The molecular weight excluding hydrogens is 77.9 g/mol. The second kappa shape index (κ2) is 4.99. The van der Waals surface area contributed by atoms with Gasteiger partial charge in [0, 0.05) is 0 Å². The Bertz CT molecular complexity index is 19.5. The second-order valence-corrected chi connectivity index (χ2v) is 1.40. The maximum atomic E-state index is 11.2. The highest BCUT2D eigenvalue weighted by atomic mass is 19.1. The molecule has 0 aliphatic rings. The van der Waals surface area contributed by atoms with E-state index in [2.05, 4.69) is 7.85 Å². The Morgan fingerprint density at radius 3 is 2.17 bits per heavy atom. The van der Waals surface area contributed by atoms with Crippen molar-refractivity contribution < 1.29 is 4.39 Å². The number of alkyl halides is 1. The smallest absolute Gasteiger partial charge is 0.101 e. The molecule has 2 heteroatoms. The fourth-order valence-corrected chi connectivity index (χ4v) is 0.344. The summed E-state index contributed by atoms with van der Waals surface area (Å²) >= 11 is 0. The predicted octanol–water partition coefficient (Wildman–Crippen LogP) is 0.787. The normalized spacial score (nSPS) is 8.83. The van der Waals surface area contributed by atoms with Crippen molar-refractivity contribution in [3.8, 4) is 0 Å². The minimum absolute atomic E-state index is 0.145. The molecule has 0 rings (SSSR count). The lowest BCUT2D eigenvalue weighted by Crippen LogP contribution is -1.74. The van der Waals surface area contributed by atoms with Crippen LogP contribution in [0, 0.1) is 0 Å². The maximum Gasteiger partial charge on any atom is 0.101 e. The van der Waals surface area contributed by atoms with Crippen LogP contribution < -0.4 is 0 Å². The summed E-state index contributed by atoms with van der Waals surface area (Å²) in [5.74, 6) is 0. The van der Waals surface area contributed by atoms with Crippen molar-refractivity contribution in [2.45, 2.75) is 19.2 Å². The van der Waals surface area contributed by atoms with E-state index >= 15 is 0 Å². The van der Waals surface area contributed by atoms with E-state index in [4.69, 9.17) is 0 Å². The van der Waals surface area contributed by atoms with Crippen LogP contribution in [-0.2, 0) is 0 Å². The second-order valence-electron chi connectivity index (χ2n) is 1.40. The summed E-state index contributed by atoms with van der Waals surface area (Å²) in [4.78, 5) is 0. The highest BCUT2D eigenvalue weighted by molar-refractivity contribution is 6.08. The van der Waals surface area contributed by atoms with E-state index in [1.807, 2.05) is 0 Å². The molecule has 0 bridgehead atoms. The summed E-state index contributed by atoms with van der Waals surface area (Å²) < 4.78 is 11.2. The van der Waals surface area contributed by atoms with Gasteiger partial charge in [0.05, 0.1) is 6.67 Å². The van der Waals surface area contributed by atoms with E-state index in [0.29, 0.717) is 0 Å². The molecule has 6 heavy (non-hydrogen) atoms. The molecule has 0 fully saturated rings. The van der Waals surface area contributed by atoms with Gasteiger partial charge < -0.3 is 0 Å². The molecule has 0 N–H and O–H groups in total. The van der Waals surface area contributed by atoms with E-state index in [1.54, 1.807) is 0 Å². The number of hydrogen-bond donors (Lipinski definition) is 0. The largest absolute Gasteiger partial charge is 0.251 e. The molecule has 0 aliphatic heterocycles. The highest BCUT2D eigenvalue weighted by Crippen LogP contribution is 1.90. The summed E-state index contributed by atoms with van der Waals surface area (Å²) in [6.07, 6.45) is 2.90. The summed E-state index contributed by atoms with van der Waals surface area (Å²) in [6, 6.07) is 0. The highest BCUT2D eigenvalue weighted by Gasteiger charge is 1.78. The van der Waals surface area contributed by atoms with E-state index in [9.17, 15) is 4.39 Å². The lowest BCUT2D eigenvalue weighted by Gasteiger charge is -1.83. The van der Waals surface area contributed by atoms with Crippen molar-refractivity contribution in [2.75, 3.05) is 6.67 Å². The Morgan fingerprint density at radius 1 is 1.33 bits per heavy atom. The molecule has 0 aromatic heterocycles. The zero-order valence-electron chi connectivity index (χ0n) is 4.21. The number of hydrogen-bond acceptors (Lipinski definition) is 0. The molecule has 0 amide bonds. The summed E-state index contributed by atoms with van der Waals surface area (Å²) in [5.41, 5.74) is 0. The quantitative estimate of drug-likeness (QED) is 0.353. The topological polar surface area (TPSA) is 0 Å². The van der Waals surface area contributed by atoms with Gasteiger partial charge in [-0.05, 0) is 6.42 Å². The van der Waals surface area contributed by atoms with Crippen LogP contribution in [0.2, 0.25) is 6.32 Å². The van der Waals surface area contributed by atoms with Crippen LogP contribution in [0.3, 0.4) is 0 Å². The number of halogens is 1. The van der Waals surface area contributed by atoms with Gasteiger partial charge in [-0.15, -0.1) is 0 Å². The Labute approximate surface area is 39.2 Å². The Hall–Kier alpha value is -0.00506. The average Bonchev–Trinajstić information content (AvgIpc) is 1.61. The average molecular weight is 87.9 g/mol. The van der Waals surface area contributed by atoms with Gasteiger partial charge >= 0.3 is 0 Å². The van der Waals surface area contributed by atoms with Crippen LogP contribution in [0.5, 0.6) is 0 Å². The molecule has 0 saturated heterocycles. The van der Waals surface area contributed by atoms with Crippen LogP contribution in [0.15, 0.2) is 0 Å². The van der Waals surface area contributed by atoms with Gasteiger partial charge in [-0.3, -0.25) is 4.39 Å². The third kappa shape index (κ3) is 3.99. The molecule has 0 aromatic rings. The zero-order valence-corrected chi connectivity index (χ0v) is 4.21. The van der Waals surface area contributed by atoms with E-state index in [0.717, 1.165) is 19.2 Å². The summed E-state index contributed by atoms with van der Waals surface area (Å²) in [6.45, 7) is -0.145. The molecule has 0 aromatic carbocycles. The third-order valence-corrected chi connectivity index (χ3v) is 0.737. The molecule has 36 valence electrons. The lowest BCUT2D eigenvalue weighted by molar-refractivity contribution is 0.469. The van der Waals surface area contributed by atoms with Gasteiger partial charge in [-0.2, -0.15) is 0 Å². The number of rotatable bonds is 3. The molecule has 0 heterocycles. The first kappa shape index (κ1) is 5.99. The first-order valence-electron chi connectivity index (χ1n) is 2.47. The minimum atomic E-state index is -0.145. The fourth-order valence-electron chi connectivity index (χ4n) is 0.344. The van der Waals surface area contributed by atoms with Crippen molar-refractivity contribution in [3.63, 3.8) is 0 Å². The van der Waals surface area contributed by atoms with Gasteiger partial charge in [0.2, 0.25) is 0 Å².